The maximum Gasteiger partial charge on any atom is 0.230 e. The number of hydrogen-bond donors (Lipinski definition) is 2. The zero-order chi connectivity index (χ0) is 13.8. The van der Waals surface area contributed by atoms with Crippen molar-refractivity contribution in [2.24, 2.45) is 0 Å². The van der Waals surface area contributed by atoms with Crippen molar-refractivity contribution in [2.45, 2.75) is 0 Å². The largest absolute Gasteiger partial charge is 0.497 e. The van der Waals surface area contributed by atoms with E-state index < -0.39 is 0 Å². The molecule has 1 aromatic carbocycles. The molecular weight excluding hydrogens is 312 g/mol. The lowest BCUT2D eigenvalue weighted by Gasteiger charge is -2.10. The second-order valence-corrected chi connectivity index (χ2v) is 4.48. The maximum atomic E-state index is 5.65. The van der Waals surface area contributed by atoms with Crippen LogP contribution in [0.1, 0.15) is 0 Å². The van der Waals surface area contributed by atoms with Crippen molar-refractivity contribution in [1.82, 2.24) is 9.97 Å². The topological polar surface area (TPSA) is 82.3 Å². The Morgan fingerprint density at radius 2 is 1.68 bits per heavy atom. The minimum atomic E-state index is 0.374. The van der Waals surface area contributed by atoms with E-state index in [9.17, 15) is 0 Å². The number of nitrogens with zero attached hydrogens (tertiary/aromatic N) is 2. The molecule has 3 N–H and O–H groups in total. The highest BCUT2D eigenvalue weighted by Crippen LogP contribution is 2.27. The van der Waals surface area contributed by atoms with Crippen LogP contribution in [0, 0.1) is 0 Å². The highest BCUT2D eigenvalue weighted by atomic mass is 79.9. The number of methoxy groups -OCH3 is 2. The lowest BCUT2D eigenvalue weighted by Crippen LogP contribution is -2.01. The van der Waals surface area contributed by atoms with E-state index in [4.69, 9.17) is 15.2 Å². The Labute approximate surface area is 119 Å². The first kappa shape index (κ1) is 13.4. The lowest BCUT2D eigenvalue weighted by atomic mass is 10.3. The van der Waals surface area contributed by atoms with Gasteiger partial charge in [0.2, 0.25) is 5.95 Å². The van der Waals surface area contributed by atoms with Gasteiger partial charge in [-0.25, -0.2) is 4.98 Å². The average molecular weight is 325 g/mol. The first-order chi connectivity index (χ1) is 9.10. The van der Waals surface area contributed by atoms with E-state index in [1.54, 1.807) is 26.4 Å². The summed E-state index contributed by atoms with van der Waals surface area (Å²) in [6, 6.07) is 7.02. The van der Waals surface area contributed by atoms with E-state index in [0.29, 0.717) is 27.9 Å². The van der Waals surface area contributed by atoms with Crippen LogP contribution in [-0.2, 0) is 0 Å². The van der Waals surface area contributed by atoms with Crippen LogP contribution in [0.3, 0.4) is 0 Å². The van der Waals surface area contributed by atoms with Crippen molar-refractivity contribution in [3.8, 4) is 11.5 Å². The third kappa shape index (κ3) is 3.47. The zero-order valence-electron chi connectivity index (χ0n) is 10.5. The van der Waals surface area contributed by atoms with Crippen molar-refractivity contribution >= 4 is 33.4 Å². The highest BCUT2D eigenvalue weighted by Gasteiger charge is 2.05. The molecule has 0 bridgehead atoms. The minimum absolute atomic E-state index is 0.374. The van der Waals surface area contributed by atoms with Gasteiger partial charge in [-0.2, -0.15) is 4.98 Å². The van der Waals surface area contributed by atoms with E-state index >= 15 is 0 Å². The highest BCUT2D eigenvalue weighted by molar-refractivity contribution is 9.10. The monoisotopic (exact) mass is 324 g/mol. The molecule has 2 aromatic rings. The summed E-state index contributed by atoms with van der Waals surface area (Å²) in [5.74, 6) is 2.11. The van der Waals surface area contributed by atoms with Gasteiger partial charge in [-0.1, -0.05) is 0 Å². The summed E-state index contributed by atoms with van der Waals surface area (Å²) >= 11 is 3.26. The van der Waals surface area contributed by atoms with Crippen LogP contribution in [0.15, 0.2) is 28.9 Å². The molecule has 1 heterocycles. The number of benzene rings is 1. The van der Waals surface area contributed by atoms with Gasteiger partial charge in [-0.15, -0.1) is 0 Å². The summed E-state index contributed by atoms with van der Waals surface area (Å²) < 4.78 is 11.0. The molecule has 1 aromatic heterocycles. The number of ether oxygens (including phenoxy) is 2. The molecule has 0 aliphatic heterocycles. The molecule has 0 amide bonds. The number of nitrogens with one attached hydrogen (secondary N) is 1. The Balaban J connectivity index is 2.31. The number of aromatic nitrogens is 2. The van der Waals surface area contributed by atoms with Crippen LogP contribution in [0.5, 0.6) is 11.5 Å². The molecule has 0 aliphatic carbocycles. The van der Waals surface area contributed by atoms with Gasteiger partial charge >= 0.3 is 0 Å². The fourth-order valence-electron chi connectivity index (χ4n) is 1.50. The molecule has 0 saturated carbocycles. The van der Waals surface area contributed by atoms with E-state index in [-0.39, 0.29) is 0 Å². The SMILES string of the molecule is COc1cc(Nc2nc(N)cc(Br)n2)cc(OC)c1. The quantitative estimate of drug-likeness (QED) is 0.841. The van der Waals surface area contributed by atoms with Gasteiger partial charge in [0, 0.05) is 30.0 Å². The predicted molar refractivity (Wildman–Crippen MR) is 77.0 cm³/mol. The van der Waals surface area contributed by atoms with E-state index in [0.717, 1.165) is 5.69 Å². The van der Waals surface area contributed by atoms with Gasteiger partial charge in [0.25, 0.3) is 0 Å². The van der Waals surface area contributed by atoms with Gasteiger partial charge in [-0.3, -0.25) is 0 Å². The molecule has 6 nitrogen and oxygen atoms in total. The third-order valence-corrected chi connectivity index (χ3v) is 2.73. The molecule has 0 fully saturated rings. The number of rotatable bonds is 4. The first-order valence-corrected chi connectivity index (χ1v) is 6.20. The molecule has 0 unspecified atom stereocenters. The Morgan fingerprint density at radius 1 is 1.05 bits per heavy atom. The molecule has 7 heteroatoms. The third-order valence-electron chi connectivity index (χ3n) is 2.32. The van der Waals surface area contributed by atoms with Crippen molar-refractivity contribution in [3.63, 3.8) is 0 Å². The second-order valence-electron chi connectivity index (χ2n) is 3.67. The molecular formula is C12H13BrN4O2. The summed E-state index contributed by atoms with van der Waals surface area (Å²) in [4.78, 5) is 8.26. The van der Waals surface area contributed by atoms with E-state index in [2.05, 4.69) is 31.2 Å². The molecule has 19 heavy (non-hydrogen) atoms. The number of nitrogens with two attached hydrogens (primary N) is 1. The van der Waals surface area contributed by atoms with Crippen LogP contribution in [-0.4, -0.2) is 24.2 Å². The summed E-state index contributed by atoms with van der Waals surface area (Å²) in [6.07, 6.45) is 0. The Morgan fingerprint density at radius 3 is 2.21 bits per heavy atom. The van der Waals surface area contributed by atoms with Crippen molar-refractivity contribution in [1.29, 1.82) is 0 Å². The normalized spacial score (nSPS) is 10.1. The van der Waals surface area contributed by atoms with Crippen LogP contribution in [0.2, 0.25) is 0 Å². The fourth-order valence-corrected chi connectivity index (χ4v) is 1.90. The molecule has 100 valence electrons. The molecule has 0 saturated heterocycles. The summed E-state index contributed by atoms with van der Waals surface area (Å²) in [7, 11) is 3.18. The molecule has 2 rings (SSSR count). The Kier molecular flexibility index (Phi) is 4.06. The number of anilines is 3. The lowest BCUT2D eigenvalue weighted by molar-refractivity contribution is 0.395. The molecule has 0 atom stereocenters. The first-order valence-electron chi connectivity index (χ1n) is 5.41. The molecule has 0 radical (unpaired) electrons. The van der Waals surface area contributed by atoms with Crippen molar-refractivity contribution in [2.75, 3.05) is 25.3 Å². The van der Waals surface area contributed by atoms with Gasteiger partial charge in [-0.05, 0) is 15.9 Å². The minimum Gasteiger partial charge on any atom is -0.497 e. The van der Waals surface area contributed by atoms with Crippen LogP contribution < -0.4 is 20.5 Å². The Bertz CT molecular complexity index is 549. The summed E-state index contributed by atoms with van der Waals surface area (Å²) in [5.41, 5.74) is 6.40. The predicted octanol–water partition coefficient (Wildman–Crippen LogP) is 2.58. The smallest absolute Gasteiger partial charge is 0.230 e. The van der Waals surface area contributed by atoms with Gasteiger partial charge in [0.05, 0.1) is 14.2 Å². The number of halogens is 1. The Hall–Kier alpha value is -2.02. The molecule has 0 spiro atoms. The van der Waals surface area contributed by atoms with Crippen molar-refractivity contribution in [3.05, 3.63) is 28.9 Å². The van der Waals surface area contributed by atoms with Crippen LogP contribution in [0.4, 0.5) is 17.5 Å². The number of nitrogen functional groups attached to an aromatic ring is 1. The number of hydrogen-bond acceptors (Lipinski definition) is 6. The van der Waals surface area contributed by atoms with Gasteiger partial charge in [0.1, 0.15) is 21.9 Å². The van der Waals surface area contributed by atoms with Crippen LogP contribution in [0.25, 0.3) is 0 Å². The summed E-state index contributed by atoms with van der Waals surface area (Å²) in [5, 5.41) is 3.04. The fraction of sp³-hybridized carbons (Fsp3) is 0.167. The van der Waals surface area contributed by atoms with Gasteiger partial charge in [0.15, 0.2) is 0 Å². The standard InChI is InChI=1S/C12H13BrN4O2/c1-18-8-3-7(4-9(5-8)19-2)15-12-16-10(13)6-11(14)17-12/h3-6H,1-2H3,(H3,14,15,16,17). The van der Waals surface area contributed by atoms with Crippen LogP contribution >= 0.6 is 15.9 Å². The second kappa shape index (κ2) is 5.75. The zero-order valence-corrected chi connectivity index (χ0v) is 12.1. The van der Waals surface area contributed by atoms with Crippen molar-refractivity contribution < 1.29 is 9.47 Å². The van der Waals surface area contributed by atoms with Gasteiger partial charge < -0.3 is 20.5 Å². The van der Waals surface area contributed by atoms with E-state index in [1.807, 2.05) is 12.1 Å². The average Bonchev–Trinajstić information content (AvgIpc) is 2.37. The summed E-state index contributed by atoms with van der Waals surface area (Å²) in [6.45, 7) is 0. The van der Waals surface area contributed by atoms with E-state index in [1.165, 1.54) is 0 Å². The molecule has 0 aliphatic rings. The maximum absolute atomic E-state index is 5.65.